The van der Waals surface area contributed by atoms with Crippen LogP contribution >= 0.6 is 0 Å². The second kappa shape index (κ2) is 52.4. The summed E-state index contributed by atoms with van der Waals surface area (Å²) in [5, 5.41) is 38.7. The number of aliphatic hydroxyl groups is 4. The Morgan fingerprint density at radius 2 is 1.00 bits per heavy atom. The summed E-state index contributed by atoms with van der Waals surface area (Å²) in [5.41, 5.74) is 2.72. The summed E-state index contributed by atoms with van der Waals surface area (Å²) in [6.45, 7) is 7.73. The maximum atomic E-state index is 11.6. The first-order chi connectivity index (χ1) is 52.0. The normalized spacial score (nSPS) is 17.8. The average Bonchev–Trinajstić information content (AvgIpc) is 1.65. The molecular formula is C87H74O20. The highest BCUT2D eigenvalue weighted by molar-refractivity contribution is 5.90. The molecule has 4 aromatic carbocycles. The van der Waals surface area contributed by atoms with Crippen LogP contribution in [0.3, 0.4) is 0 Å². The van der Waals surface area contributed by atoms with E-state index in [-0.39, 0.29) is 63.3 Å². The van der Waals surface area contributed by atoms with Gasteiger partial charge in [0.1, 0.15) is 35.9 Å². The lowest BCUT2D eigenvalue weighted by Crippen LogP contribution is -2.59. The first-order valence-corrected chi connectivity index (χ1v) is 32.7. The number of rotatable bonds is 17. The largest absolute Gasteiger partial charge is 0.453 e. The van der Waals surface area contributed by atoms with Gasteiger partial charge in [-0.15, -0.1) is 0 Å². The van der Waals surface area contributed by atoms with Crippen LogP contribution in [-0.4, -0.2) is 138 Å². The number of hydrogen-bond acceptors (Lipinski definition) is 20. The van der Waals surface area contributed by atoms with Gasteiger partial charge in [-0.05, 0) is 194 Å². The summed E-state index contributed by atoms with van der Waals surface area (Å²) >= 11 is 0. The summed E-state index contributed by atoms with van der Waals surface area (Å²) in [4.78, 5) is 67.9. The smallest absolute Gasteiger partial charge is 0.339 e. The van der Waals surface area contributed by atoms with E-state index in [1.807, 2.05) is 79.7 Å². The molecule has 20 nitrogen and oxygen atoms in total. The van der Waals surface area contributed by atoms with Gasteiger partial charge in [0.15, 0.2) is 32.7 Å². The molecule has 20 heteroatoms. The highest BCUT2D eigenvalue weighted by Gasteiger charge is 2.48. The fraction of sp³-hybridized carbons (Fsp3) is 0.264. The minimum Gasteiger partial charge on any atom is -0.453 e. The number of hydrogen-bond donors (Lipinski definition) is 4. The fourth-order valence-corrected chi connectivity index (χ4v) is 8.25. The third-order valence-electron chi connectivity index (χ3n) is 13.3. The molecule has 0 bridgehead atoms. The number of carbonyl (C=O) groups excluding carboxylic acids is 6. The standard InChI is InChI=1S/C22H18O4.C20H24O6.C20H14O4.C15H12O4.C10H6O2/c23-21(17-19-11-5-3-6-12-19)25-15-9-1-2-10-16-26-22(24)18-20-13-7-4-8-14-20;1-3-5-6-7-8-9-10-11-12-13-15(4-2)25-20-19(24)18(23)17(22)16(14-21)26-20;21-19(17-11-5-3-6-12-17)23-15-9-1-2-10-16-24-20(22)18-13-7-4-8-14-18;1-3-4-5-6-7-13-8-10-15(19-13)14(9-11-17-15)18-12(2)16;1-2-3-4-5-6-9-7-8-10(11)12-9/h3-8,11-14H,15-18H2;15-24H,4,12-14H2,1-2H3;3-8,11-14H,15-16H2;7-11,14H,1-2H3;6-8H,1H3/b;;;13-7+;9-6-. The van der Waals surface area contributed by atoms with Crippen molar-refractivity contribution in [3.63, 3.8) is 0 Å². The Balaban J connectivity index is 0.000000288. The Morgan fingerprint density at radius 1 is 0.542 bits per heavy atom. The van der Waals surface area contributed by atoms with Gasteiger partial charge < -0.3 is 67.8 Å². The zero-order chi connectivity index (χ0) is 77.4. The summed E-state index contributed by atoms with van der Waals surface area (Å²) in [7, 11) is 0. The van der Waals surface area contributed by atoms with Gasteiger partial charge in [0.25, 0.3) is 0 Å². The SMILES string of the molecule is CC#CC#C/C=C1/C=CC(=O)O1.CC#CC#C/C=C1\C=CC2(OC=CC2OC(C)=O)O1.CC#CC#CC#CC#CCCC(CC)OC1OC(CO)C(O)C(O)C1O.O=C(Cc1ccccc1)OCC#CC#CCOC(=O)Cc1ccccc1.O=C(OCC#CC#CCOC(=O)c1ccccc1)c1ccccc1. The third-order valence-corrected chi connectivity index (χ3v) is 13.3. The summed E-state index contributed by atoms with van der Waals surface area (Å²) in [6, 6.07) is 36.0. The number of cyclic esters (lactones) is 1. The van der Waals surface area contributed by atoms with E-state index in [0.29, 0.717) is 41.9 Å². The van der Waals surface area contributed by atoms with Crippen molar-refractivity contribution in [2.24, 2.45) is 0 Å². The molecule has 542 valence electrons. The van der Waals surface area contributed by atoms with Crippen LogP contribution in [-0.2, 0) is 79.4 Å². The van der Waals surface area contributed by atoms with Crippen molar-refractivity contribution in [1.29, 1.82) is 0 Å². The van der Waals surface area contributed by atoms with E-state index in [4.69, 9.17) is 47.4 Å². The molecule has 4 aliphatic heterocycles. The second-order valence-electron chi connectivity index (χ2n) is 21.1. The Hall–Kier alpha value is -13.5. The predicted octanol–water partition coefficient (Wildman–Crippen LogP) is 7.33. The molecule has 1 fully saturated rings. The minimum atomic E-state index is -1.45. The van der Waals surface area contributed by atoms with Crippen molar-refractivity contribution >= 4 is 35.8 Å². The number of benzene rings is 4. The van der Waals surface area contributed by atoms with Gasteiger partial charge in [-0.1, -0.05) is 140 Å². The van der Waals surface area contributed by atoms with E-state index in [9.17, 15) is 49.2 Å². The molecule has 0 aliphatic carbocycles. The van der Waals surface area contributed by atoms with Crippen LogP contribution in [0.2, 0.25) is 0 Å². The van der Waals surface area contributed by atoms with E-state index in [1.165, 1.54) is 25.3 Å². The van der Waals surface area contributed by atoms with Gasteiger partial charge in [0.2, 0.25) is 6.10 Å². The van der Waals surface area contributed by atoms with E-state index in [1.54, 1.807) is 99.7 Å². The van der Waals surface area contributed by atoms with Gasteiger partial charge in [0.05, 0.1) is 42.9 Å². The zero-order valence-corrected chi connectivity index (χ0v) is 59.1. The zero-order valence-electron chi connectivity index (χ0n) is 59.1. The highest BCUT2D eigenvalue weighted by atomic mass is 16.7. The quantitative estimate of drug-likeness (QED) is 0.0457. The molecular weight excluding hydrogens is 1360 g/mol. The van der Waals surface area contributed by atoms with Crippen molar-refractivity contribution in [3.05, 3.63) is 204 Å². The topological polar surface area (TPSA) is 276 Å². The van der Waals surface area contributed by atoms with E-state index < -0.39 is 67.1 Å². The monoisotopic (exact) mass is 1440 g/mol. The van der Waals surface area contributed by atoms with Crippen molar-refractivity contribution in [2.75, 3.05) is 33.0 Å². The molecule has 0 radical (unpaired) electrons. The average molecular weight is 1440 g/mol. The van der Waals surface area contributed by atoms with Gasteiger partial charge in [-0.25, -0.2) is 14.4 Å². The third kappa shape index (κ3) is 36.3. The number of esters is 6. The van der Waals surface area contributed by atoms with Crippen molar-refractivity contribution in [2.45, 2.75) is 115 Å². The van der Waals surface area contributed by atoms with E-state index in [2.05, 4.69) is 142 Å². The molecule has 4 N–H and O–H groups in total. The van der Waals surface area contributed by atoms with E-state index in [0.717, 1.165) is 11.1 Å². The maximum Gasteiger partial charge on any atom is 0.339 e. The van der Waals surface area contributed by atoms with Crippen molar-refractivity contribution in [3.8, 4) is 142 Å². The van der Waals surface area contributed by atoms with Crippen LogP contribution in [0.5, 0.6) is 0 Å². The first-order valence-electron chi connectivity index (χ1n) is 32.7. The van der Waals surface area contributed by atoms with Crippen LogP contribution in [0.4, 0.5) is 0 Å². The van der Waals surface area contributed by atoms with Gasteiger partial charge in [0, 0.05) is 37.6 Å². The fourth-order valence-electron chi connectivity index (χ4n) is 8.25. The first kappa shape index (κ1) is 85.9. The second-order valence-corrected chi connectivity index (χ2v) is 21.1. The number of carbonyl (C=O) groups is 6. The molecule has 0 aromatic heterocycles. The minimum absolute atomic E-state index is 0.0197. The number of aliphatic hydroxyl groups excluding tert-OH is 4. The molecule has 0 saturated carbocycles. The summed E-state index contributed by atoms with van der Waals surface area (Å²) in [5.74, 6) is 60.3. The van der Waals surface area contributed by atoms with Crippen molar-refractivity contribution < 1.29 is 96.6 Å². The molecule has 0 amide bonds. The van der Waals surface area contributed by atoms with Crippen molar-refractivity contribution in [1.82, 2.24) is 0 Å². The van der Waals surface area contributed by atoms with Crippen LogP contribution in [0.25, 0.3) is 0 Å². The van der Waals surface area contributed by atoms with Gasteiger partial charge in [-0.3, -0.25) is 14.4 Å². The molecule has 4 aromatic rings. The Labute approximate surface area is 623 Å². The molecule has 8 rings (SSSR count). The molecule has 107 heavy (non-hydrogen) atoms. The van der Waals surface area contributed by atoms with Crippen LogP contribution < -0.4 is 0 Å². The predicted molar refractivity (Wildman–Crippen MR) is 394 cm³/mol. The number of ether oxygens (including phenoxy) is 10. The Bertz CT molecular complexity index is 4470. The molecule has 1 saturated heterocycles. The van der Waals surface area contributed by atoms with Crippen LogP contribution in [0, 0.1) is 142 Å². The summed E-state index contributed by atoms with van der Waals surface area (Å²) in [6.07, 6.45) is 7.45. The molecule has 8 unspecified atom stereocenters. The highest BCUT2D eigenvalue weighted by Crippen LogP contribution is 2.36. The molecule has 8 atom stereocenters. The van der Waals surface area contributed by atoms with E-state index >= 15 is 0 Å². The molecule has 4 aliphatic rings. The maximum absolute atomic E-state index is 11.6. The molecule has 4 heterocycles. The van der Waals surface area contributed by atoms with Crippen LogP contribution in [0.1, 0.15) is 85.7 Å². The Morgan fingerprint density at radius 3 is 1.47 bits per heavy atom. The lowest BCUT2D eigenvalue weighted by molar-refractivity contribution is -0.311. The van der Waals surface area contributed by atoms with Gasteiger partial charge >= 0.3 is 41.6 Å². The number of allylic oxidation sites excluding steroid dienone is 4. The van der Waals surface area contributed by atoms with Crippen LogP contribution in [0.15, 0.2) is 182 Å². The summed E-state index contributed by atoms with van der Waals surface area (Å²) < 4.78 is 51.8. The lowest BCUT2D eigenvalue weighted by atomic mass is 9.99. The molecule has 1 spiro atoms. The lowest BCUT2D eigenvalue weighted by Gasteiger charge is -2.40. The van der Waals surface area contributed by atoms with Gasteiger partial charge in [-0.2, -0.15) is 0 Å². The Kier molecular flexibility index (Phi) is 42.1.